The SMILES string of the molecule is CC(=O)NCC1(c2ccc(Cl)cc2)CCN(CCC(c2ccccc2)(c2ccccc2)c2ccc(Cl)cc2)CC1. The second-order valence-corrected chi connectivity index (χ2v) is 11.8. The van der Waals surface area contributed by atoms with Crippen LogP contribution >= 0.6 is 23.2 Å². The lowest BCUT2D eigenvalue weighted by molar-refractivity contribution is -0.119. The first-order chi connectivity index (χ1) is 19.4. The zero-order valence-electron chi connectivity index (χ0n) is 23.0. The maximum Gasteiger partial charge on any atom is 0.216 e. The van der Waals surface area contributed by atoms with Crippen LogP contribution in [0.3, 0.4) is 0 Å². The number of hydrogen-bond acceptors (Lipinski definition) is 2. The number of nitrogens with zero attached hydrogens (tertiary/aromatic N) is 1. The summed E-state index contributed by atoms with van der Waals surface area (Å²) in [5.41, 5.74) is 4.64. The first-order valence-corrected chi connectivity index (χ1v) is 14.8. The van der Waals surface area contributed by atoms with E-state index in [0.29, 0.717) is 6.54 Å². The summed E-state index contributed by atoms with van der Waals surface area (Å²) < 4.78 is 0. The van der Waals surface area contributed by atoms with E-state index in [0.717, 1.165) is 48.9 Å². The summed E-state index contributed by atoms with van der Waals surface area (Å²) in [6, 6.07) is 38.2. The molecule has 1 aliphatic rings. The first kappa shape index (κ1) is 28.4. The highest BCUT2D eigenvalue weighted by Crippen LogP contribution is 2.43. The van der Waals surface area contributed by atoms with Gasteiger partial charge in [0.2, 0.25) is 5.91 Å². The summed E-state index contributed by atoms with van der Waals surface area (Å²) >= 11 is 12.5. The van der Waals surface area contributed by atoms with Gasteiger partial charge in [-0.1, -0.05) is 108 Å². The molecule has 0 spiro atoms. The maximum absolute atomic E-state index is 11.9. The Morgan fingerprint density at radius 1 is 0.750 bits per heavy atom. The molecule has 1 heterocycles. The summed E-state index contributed by atoms with van der Waals surface area (Å²) in [4.78, 5) is 14.4. The quantitative estimate of drug-likeness (QED) is 0.207. The van der Waals surface area contributed by atoms with Gasteiger partial charge >= 0.3 is 0 Å². The minimum absolute atomic E-state index is 0.00855. The number of piperidine rings is 1. The number of halogens is 2. The highest BCUT2D eigenvalue weighted by atomic mass is 35.5. The predicted octanol–water partition coefficient (Wildman–Crippen LogP) is 7.89. The number of hydrogen-bond donors (Lipinski definition) is 1. The second-order valence-electron chi connectivity index (χ2n) is 10.9. The second kappa shape index (κ2) is 12.6. The van der Waals surface area contributed by atoms with Crippen molar-refractivity contribution in [3.8, 4) is 0 Å². The molecule has 1 fully saturated rings. The Kier molecular flexibility index (Phi) is 8.95. The van der Waals surface area contributed by atoms with E-state index in [1.54, 1.807) is 6.92 Å². The average molecular weight is 572 g/mol. The molecule has 3 nitrogen and oxygen atoms in total. The van der Waals surface area contributed by atoms with Crippen LogP contribution in [0.2, 0.25) is 10.0 Å². The van der Waals surface area contributed by atoms with Gasteiger partial charge in [0.25, 0.3) is 0 Å². The molecule has 0 aliphatic carbocycles. The van der Waals surface area contributed by atoms with Crippen molar-refractivity contribution in [1.82, 2.24) is 10.2 Å². The highest BCUT2D eigenvalue weighted by molar-refractivity contribution is 6.30. The van der Waals surface area contributed by atoms with Gasteiger partial charge in [0.1, 0.15) is 0 Å². The Labute approximate surface area is 248 Å². The molecular weight excluding hydrogens is 535 g/mol. The Balaban J connectivity index is 1.43. The maximum atomic E-state index is 11.9. The van der Waals surface area contributed by atoms with Gasteiger partial charge in [-0.25, -0.2) is 0 Å². The van der Waals surface area contributed by atoms with Gasteiger partial charge in [0, 0.05) is 34.3 Å². The molecule has 0 aromatic heterocycles. The third-order valence-electron chi connectivity index (χ3n) is 8.62. The minimum Gasteiger partial charge on any atom is -0.355 e. The van der Waals surface area contributed by atoms with Crippen LogP contribution in [0.1, 0.15) is 48.4 Å². The van der Waals surface area contributed by atoms with E-state index in [4.69, 9.17) is 23.2 Å². The molecule has 0 bridgehead atoms. The van der Waals surface area contributed by atoms with Crippen LogP contribution in [0.4, 0.5) is 0 Å². The normalized spacial score (nSPS) is 15.5. The number of benzene rings is 4. The van der Waals surface area contributed by atoms with Gasteiger partial charge in [0.15, 0.2) is 0 Å². The number of nitrogens with one attached hydrogen (secondary N) is 1. The van der Waals surface area contributed by atoms with E-state index in [1.807, 2.05) is 24.3 Å². The summed E-state index contributed by atoms with van der Waals surface area (Å²) in [6.07, 6.45) is 2.88. The summed E-state index contributed by atoms with van der Waals surface area (Å²) in [5.74, 6) is 0.00855. The van der Waals surface area contributed by atoms with Crippen molar-refractivity contribution in [2.75, 3.05) is 26.2 Å². The van der Waals surface area contributed by atoms with Crippen LogP contribution in [0.25, 0.3) is 0 Å². The molecule has 1 amide bonds. The van der Waals surface area contributed by atoms with E-state index in [9.17, 15) is 4.79 Å². The van der Waals surface area contributed by atoms with Gasteiger partial charge in [-0.3, -0.25) is 4.79 Å². The molecular formula is C35H36Cl2N2O. The van der Waals surface area contributed by atoms with Gasteiger partial charge in [0.05, 0.1) is 0 Å². The van der Waals surface area contributed by atoms with Crippen molar-refractivity contribution >= 4 is 29.1 Å². The van der Waals surface area contributed by atoms with E-state index < -0.39 is 0 Å². The molecule has 0 unspecified atom stereocenters. The Bertz CT molecular complexity index is 1340. The van der Waals surface area contributed by atoms with Crippen LogP contribution in [0.5, 0.6) is 0 Å². The van der Waals surface area contributed by atoms with Crippen LogP contribution in [0.15, 0.2) is 109 Å². The van der Waals surface area contributed by atoms with Crippen LogP contribution in [-0.2, 0) is 15.6 Å². The number of likely N-dealkylation sites (tertiary alicyclic amines) is 1. The molecule has 1 saturated heterocycles. The zero-order chi connectivity index (χ0) is 28.0. The van der Waals surface area contributed by atoms with Gasteiger partial charge in [-0.15, -0.1) is 0 Å². The fourth-order valence-corrected chi connectivity index (χ4v) is 6.56. The fraction of sp³-hybridized carbons (Fsp3) is 0.286. The number of amides is 1. The third-order valence-corrected chi connectivity index (χ3v) is 9.12. The number of carbonyl (C=O) groups is 1. The van der Waals surface area contributed by atoms with Gasteiger partial charge in [-0.2, -0.15) is 0 Å². The lowest BCUT2D eigenvalue weighted by Crippen LogP contribution is -2.49. The molecule has 40 heavy (non-hydrogen) atoms. The lowest BCUT2D eigenvalue weighted by atomic mass is 9.67. The molecule has 4 aromatic rings. The van der Waals surface area contributed by atoms with Crippen molar-refractivity contribution in [2.24, 2.45) is 0 Å². The fourth-order valence-electron chi connectivity index (χ4n) is 6.31. The standard InChI is InChI=1S/C35H36Cl2N2O/c1-27(40)38-26-34(28-12-16-32(36)17-13-28)20-23-39(24-21-34)25-22-35(29-8-4-2-5-9-29,30-10-6-3-7-11-30)31-14-18-33(37)19-15-31/h2-19H,20-26H2,1H3,(H,38,40). The lowest BCUT2D eigenvalue weighted by Gasteiger charge is -2.44. The molecule has 0 saturated carbocycles. The summed E-state index contributed by atoms with van der Waals surface area (Å²) in [6.45, 7) is 5.10. The molecule has 0 radical (unpaired) electrons. The smallest absolute Gasteiger partial charge is 0.216 e. The number of carbonyl (C=O) groups excluding carboxylic acids is 1. The van der Waals surface area contributed by atoms with Crippen LogP contribution in [0, 0.1) is 0 Å². The summed E-state index contributed by atoms with van der Waals surface area (Å²) in [7, 11) is 0. The molecule has 1 N–H and O–H groups in total. The predicted molar refractivity (Wildman–Crippen MR) is 166 cm³/mol. The van der Waals surface area contributed by atoms with Crippen molar-refractivity contribution in [3.05, 3.63) is 141 Å². The van der Waals surface area contributed by atoms with Crippen molar-refractivity contribution in [3.63, 3.8) is 0 Å². The topological polar surface area (TPSA) is 32.3 Å². The van der Waals surface area contributed by atoms with E-state index in [1.165, 1.54) is 22.3 Å². The van der Waals surface area contributed by atoms with Crippen molar-refractivity contribution in [2.45, 2.75) is 37.0 Å². The van der Waals surface area contributed by atoms with E-state index >= 15 is 0 Å². The average Bonchev–Trinajstić information content (AvgIpc) is 2.99. The minimum atomic E-state index is -0.311. The monoisotopic (exact) mass is 570 g/mol. The highest BCUT2D eigenvalue weighted by Gasteiger charge is 2.39. The van der Waals surface area contributed by atoms with Gasteiger partial charge < -0.3 is 10.2 Å². The molecule has 206 valence electrons. The van der Waals surface area contributed by atoms with Gasteiger partial charge in [-0.05, 0) is 85.4 Å². The molecule has 1 aliphatic heterocycles. The Hall–Kier alpha value is -3.11. The summed E-state index contributed by atoms with van der Waals surface area (Å²) in [5, 5.41) is 4.58. The Morgan fingerprint density at radius 3 is 1.73 bits per heavy atom. The molecule has 0 atom stereocenters. The largest absolute Gasteiger partial charge is 0.355 e. The van der Waals surface area contributed by atoms with E-state index in [-0.39, 0.29) is 16.7 Å². The van der Waals surface area contributed by atoms with Crippen molar-refractivity contribution < 1.29 is 4.79 Å². The zero-order valence-corrected chi connectivity index (χ0v) is 24.5. The number of rotatable bonds is 9. The third kappa shape index (κ3) is 6.12. The van der Waals surface area contributed by atoms with Crippen molar-refractivity contribution in [1.29, 1.82) is 0 Å². The molecule has 4 aromatic carbocycles. The molecule has 5 heteroatoms. The molecule has 5 rings (SSSR count). The van der Waals surface area contributed by atoms with Crippen LogP contribution in [-0.4, -0.2) is 37.0 Å². The Morgan fingerprint density at radius 2 is 1.23 bits per heavy atom. The van der Waals surface area contributed by atoms with E-state index in [2.05, 4.69) is 95.1 Å². The van der Waals surface area contributed by atoms with Crippen LogP contribution < -0.4 is 5.32 Å². The first-order valence-electron chi connectivity index (χ1n) is 14.0.